The molecule has 1 unspecified atom stereocenters. The van der Waals surface area contributed by atoms with Gasteiger partial charge in [-0.25, -0.2) is 0 Å². The summed E-state index contributed by atoms with van der Waals surface area (Å²) >= 11 is 7.77. The maximum Gasteiger partial charge on any atom is 0.0931 e. The summed E-state index contributed by atoms with van der Waals surface area (Å²) in [7, 11) is 6.56. The van der Waals surface area contributed by atoms with Gasteiger partial charge in [0.25, 0.3) is 0 Å². The lowest BCUT2D eigenvalue weighted by molar-refractivity contribution is 0.0601. The van der Waals surface area contributed by atoms with Crippen LogP contribution in [-0.4, -0.2) is 37.6 Å². The topological polar surface area (TPSA) is 15.3 Å². The maximum absolute atomic E-state index is 6.06. The minimum absolute atomic E-state index is 0.295. The Morgan fingerprint density at radius 2 is 2.00 bits per heavy atom. The molecule has 0 spiro atoms. The minimum Gasteiger partial charge on any atom is -0.315 e. The molecule has 1 saturated carbocycles. The van der Waals surface area contributed by atoms with Crippen molar-refractivity contribution < 1.29 is 0 Å². The van der Waals surface area contributed by atoms with E-state index in [0.717, 1.165) is 10.8 Å². The largest absolute Gasteiger partial charge is 0.315 e. The zero-order valence-corrected chi connectivity index (χ0v) is 13.8. The Labute approximate surface area is 126 Å². The Balaban J connectivity index is 2.17. The normalized spacial score (nSPS) is 20.7. The van der Waals surface area contributed by atoms with Gasteiger partial charge < -0.3 is 10.2 Å². The van der Waals surface area contributed by atoms with Crippen LogP contribution in [0.5, 0.6) is 0 Å². The molecular formula is C15H25ClN2S. The standard InChI is InChI=1S/C15H25ClN2S/c1-17-13(11-12-7-8-14(16)19-12)15(18(2)3)9-5-4-6-10-15/h7-8,13,17H,4-6,9-11H2,1-3H3. The van der Waals surface area contributed by atoms with Crippen molar-refractivity contribution in [2.75, 3.05) is 21.1 Å². The van der Waals surface area contributed by atoms with Gasteiger partial charge in [0.1, 0.15) is 0 Å². The predicted octanol–water partition coefficient (Wildman–Crippen LogP) is 3.80. The molecule has 19 heavy (non-hydrogen) atoms. The smallest absolute Gasteiger partial charge is 0.0931 e. The fourth-order valence-electron chi connectivity index (χ4n) is 3.49. The fourth-order valence-corrected chi connectivity index (χ4v) is 4.63. The number of likely N-dealkylation sites (N-methyl/N-ethyl adjacent to an activating group) is 2. The van der Waals surface area contributed by atoms with Crippen molar-refractivity contribution in [1.29, 1.82) is 0 Å². The molecule has 0 saturated heterocycles. The minimum atomic E-state index is 0.295. The van der Waals surface area contributed by atoms with Crippen molar-refractivity contribution in [3.05, 3.63) is 21.3 Å². The van der Waals surface area contributed by atoms with Crippen molar-refractivity contribution in [3.8, 4) is 0 Å². The molecule has 0 bridgehead atoms. The highest BCUT2D eigenvalue weighted by molar-refractivity contribution is 7.16. The van der Waals surface area contributed by atoms with Crippen molar-refractivity contribution in [2.45, 2.75) is 50.1 Å². The van der Waals surface area contributed by atoms with Gasteiger partial charge in [0.15, 0.2) is 0 Å². The summed E-state index contributed by atoms with van der Waals surface area (Å²) in [4.78, 5) is 3.83. The summed E-state index contributed by atoms with van der Waals surface area (Å²) in [5, 5.41) is 3.57. The lowest BCUT2D eigenvalue weighted by atomic mass is 9.74. The van der Waals surface area contributed by atoms with Gasteiger partial charge in [-0.2, -0.15) is 0 Å². The van der Waals surface area contributed by atoms with Gasteiger partial charge in [0.05, 0.1) is 4.34 Å². The monoisotopic (exact) mass is 300 g/mol. The highest BCUT2D eigenvalue weighted by Gasteiger charge is 2.41. The molecule has 0 amide bonds. The molecule has 1 heterocycles. The molecule has 0 aliphatic heterocycles. The van der Waals surface area contributed by atoms with Gasteiger partial charge in [-0.15, -0.1) is 11.3 Å². The molecule has 108 valence electrons. The van der Waals surface area contributed by atoms with Gasteiger partial charge in [-0.1, -0.05) is 30.9 Å². The van der Waals surface area contributed by atoms with Gasteiger partial charge in [0.2, 0.25) is 0 Å². The molecule has 1 aromatic heterocycles. The van der Waals surface area contributed by atoms with E-state index in [4.69, 9.17) is 11.6 Å². The molecule has 2 nitrogen and oxygen atoms in total. The quantitative estimate of drug-likeness (QED) is 0.890. The number of nitrogens with one attached hydrogen (secondary N) is 1. The summed E-state index contributed by atoms with van der Waals surface area (Å²) in [6, 6.07) is 4.68. The molecule has 1 fully saturated rings. The van der Waals surface area contributed by atoms with E-state index in [-0.39, 0.29) is 0 Å². The first-order chi connectivity index (χ1) is 9.08. The zero-order valence-electron chi connectivity index (χ0n) is 12.2. The van der Waals surface area contributed by atoms with E-state index in [0.29, 0.717) is 11.6 Å². The first kappa shape index (κ1) is 15.3. The number of hydrogen-bond donors (Lipinski definition) is 1. The van der Waals surface area contributed by atoms with Crippen LogP contribution in [0.15, 0.2) is 12.1 Å². The highest BCUT2D eigenvalue weighted by atomic mass is 35.5. The fraction of sp³-hybridized carbons (Fsp3) is 0.733. The summed E-state index contributed by atoms with van der Waals surface area (Å²) in [6.45, 7) is 0. The first-order valence-corrected chi connectivity index (χ1v) is 8.37. The van der Waals surface area contributed by atoms with Gasteiger partial charge >= 0.3 is 0 Å². The molecule has 1 aliphatic rings. The Hall–Kier alpha value is -0.0900. The molecule has 1 N–H and O–H groups in total. The van der Waals surface area contributed by atoms with Gasteiger partial charge in [-0.3, -0.25) is 0 Å². The molecular weight excluding hydrogens is 276 g/mol. The zero-order chi connectivity index (χ0) is 13.9. The second-order valence-corrected chi connectivity index (χ2v) is 7.61. The van der Waals surface area contributed by atoms with E-state index in [1.54, 1.807) is 11.3 Å². The van der Waals surface area contributed by atoms with E-state index < -0.39 is 0 Å². The molecule has 4 heteroatoms. The predicted molar refractivity (Wildman–Crippen MR) is 85.4 cm³/mol. The maximum atomic E-state index is 6.06. The molecule has 1 atom stereocenters. The third-order valence-electron chi connectivity index (χ3n) is 4.64. The van der Waals surface area contributed by atoms with Crippen LogP contribution in [0.25, 0.3) is 0 Å². The van der Waals surface area contributed by atoms with E-state index >= 15 is 0 Å². The summed E-state index contributed by atoms with van der Waals surface area (Å²) in [5.74, 6) is 0. The first-order valence-electron chi connectivity index (χ1n) is 7.17. The van der Waals surface area contributed by atoms with Crippen molar-refractivity contribution in [1.82, 2.24) is 10.2 Å². The number of rotatable bonds is 5. The Bertz CT molecular complexity index is 397. The number of nitrogens with zero attached hydrogens (tertiary/aromatic N) is 1. The lowest BCUT2D eigenvalue weighted by Gasteiger charge is -2.48. The Kier molecular flexibility index (Phi) is 5.29. The van der Waals surface area contributed by atoms with Crippen LogP contribution >= 0.6 is 22.9 Å². The van der Waals surface area contributed by atoms with Gasteiger partial charge in [0, 0.05) is 16.5 Å². The van der Waals surface area contributed by atoms with E-state index in [1.165, 1.54) is 37.0 Å². The Morgan fingerprint density at radius 1 is 1.32 bits per heavy atom. The summed E-state index contributed by atoms with van der Waals surface area (Å²) in [5.41, 5.74) is 0.295. The average Bonchev–Trinajstić information content (AvgIpc) is 2.82. The highest BCUT2D eigenvalue weighted by Crippen LogP contribution is 2.37. The van der Waals surface area contributed by atoms with E-state index in [1.807, 2.05) is 6.07 Å². The van der Waals surface area contributed by atoms with Crippen LogP contribution in [0, 0.1) is 0 Å². The average molecular weight is 301 g/mol. The number of halogens is 1. The number of hydrogen-bond acceptors (Lipinski definition) is 3. The summed E-state index contributed by atoms with van der Waals surface area (Å²) in [6.07, 6.45) is 7.75. The van der Waals surface area contributed by atoms with Crippen LogP contribution in [0.3, 0.4) is 0 Å². The number of thiophene rings is 1. The van der Waals surface area contributed by atoms with Crippen molar-refractivity contribution in [3.63, 3.8) is 0 Å². The summed E-state index contributed by atoms with van der Waals surface area (Å²) < 4.78 is 0.896. The van der Waals surface area contributed by atoms with E-state index in [9.17, 15) is 0 Å². The molecule has 0 radical (unpaired) electrons. The van der Waals surface area contributed by atoms with Gasteiger partial charge in [-0.05, 0) is 52.5 Å². The van der Waals surface area contributed by atoms with Crippen LogP contribution in [0.4, 0.5) is 0 Å². The van der Waals surface area contributed by atoms with Crippen LogP contribution in [0.2, 0.25) is 4.34 Å². The third kappa shape index (κ3) is 3.33. The van der Waals surface area contributed by atoms with Crippen LogP contribution in [-0.2, 0) is 6.42 Å². The molecule has 1 aliphatic carbocycles. The molecule has 2 rings (SSSR count). The third-order valence-corrected chi connectivity index (χ3v) is 5.89. The lowest BCUT2D eigenvalue weighted by Crippen LogP contribution is -2.60. The van der Waals surface area contributed by atoms with E-state index in [2.05, 4.69) is 37.4 Å². The van der Waals surface area contributed by atoms with Crippen LogP contribution < -0.4 is 5.32 Å². The van der Waals surface area contributed by atoms with Crippen molar-refractivity contribution in [2.24, 2.45) is 0 Å². The molecule has 0 aromatic carbocycles. The Morgan fingerprint density at radius 3 is 2.47 bits per heavy atom. The second kappa shape index (κ2) is 6.57. The SMILES string of the molecule is CNC(Cc1ccc(Cl)s1)C1(N(C)C)CCCCC1. The second-order valence-electron chi connectivity index (χ2n) is 5.81. The molecule has 1 aromatic rings. The van der Waals surface area contributed by atoms with Crippen LogP contribution in [0.1, 0.15) is 37.0 Å². The van der Waals surface area contributed by atoms with Crippen molar-refractivity contribution >= 4 is 22.9 Å².